The number of carbonyl (C=O) groups is 1. The van der Waals surface area contributed by atoms with Gasteiger partial charge in [0.15, 0.2) is 0 Å². The van der Waals surface area contributed by atoms with Gasteiger partial charge in [-0.2, -0.15) is 0 Å². The van der Waals surface area contributed by atoms with E-state index in [0.717, 1.165) is 25.7 Å². The van der Waals surface area contributed by atoms with Crippen LogP contribution in [0.25, 0.3) is 0 Å². The molecule has 0 aromatic rings. The van der Waals surface area contributed by atoms with Gasteiger partial charge in [0.2, 0.25) is 0 Å². The largest absolute Gasteiger partial charge is 0.481 e. The van der Waals surface area contributed by atoms with Crippen molar-refractivity contribution in [2.45, 2.75) is 63.6 Å². The summed E-state index contributed by atoms with van der Waals surface area (Å²) in [5.74, 6) is -0.747. The van der Waals surface area contributed by atoms with Gasteiger partial charge < -0.3 is 9.84 Å². The number of ether oxygens (including phenoxy) is 1. The minimum Gasteiger partial charge on any atom is -0.481 e. The Hall–Kier alpha value is -0.570. The number of hydrogen-bond acceptors (Lipinski definition) is 2. The van der Waals surface area contributed by atoms with E-state index in [9.17, 15) is 4.79 Å². The summed E-state index contributed by atoms with van der Waals surface area (Å²) in [5.41, 5.74) is 0. The summed E-state index contributed by atoms with van der Waals surface area (Å²) in [4.78, 5) is 10.8. The van der Waals surface area contributed by atoms with E-state index in [4.69, 9.17) is 9.84 Å². The summed E-state index contributed by atoms with van der Waals surface area (Å²) in [5, 5.41) is 8.87. The molecule has 3 heteroatoms. The molecule has 0 saturated heterocycles. The number of carboxylic acid groups (broad SMARTS) is 1. The zero-order valence-corrected chi connectivity index (χ0v) is 9.15. The molecule has 1 N–H and O–H groups in total. The quantitative estimate of drug-likeness (QED) is 0.782. The Bertz CT molecular complexity index is 213. The molecule has 0 radical (unpaired) electrons. The Labute approximate surface area is 90.8 Å². The SMILES string of the molecule is O=C(O)C1CCC(OC2CCCC2)CC1. The third-order valence-electron chi connectivity index (χ3n) is 3.71. The zero-order valence-electron chi connectivity index (χ0n) is 9.15. The van der Waals surface area contributed by atoms with E-state index >= 15 is 0 Å². The predicted molar refractivity (Wildman–Crippen MR) is 56.7 cm³/mol. The smallest absolute Gasteiger partial charge is 0.306 e. The minimum atomic E-state index is -0.630. The molecule has 2 aliphatic carbocycles. The average Bonchev–Trinajstić information content (AvgIpc) is 2.71. The van der Waals surface area contributed by atoms with E-state index in [0.29, 0.717) is 12.2 Å². The van der Waals surface area contributed by atoms with Crippen molar-refractivity contribution >= 4 is 5.97 Å². The standard InChI is InChI=1S/C12H20O3/c13-12(14)9-5-7-11(8-6-9)15-10-3-1-2-4-10/h9-11H,1-8H2,(H,13,14). The average molecular weight is 212 g/mol. The first-order valence-electron chi connectivity index (χ1n) is 6.14. The summed E-state index contributed by atoms with van der Waals surface area (Å²) < 4.78 is 5.99. The molecule has 0 unspecified atom stereocenters. The number of hydrogen-bond donors (Lipinski definition) is 1. The van der Waals surface area contributed by atoms with Crippen LogP contribution in [-0.4, -0.2) is 23.3 Å². The number of rotatable bonds is 3. The van der Waals surface area contributed by atoms with Crippen LogP contribution in [0.1, 0.15) is 51.4 Å². The van der Waals surface area contributed by atoms with Crippen LogP contribution in [0.2, 0.25) is 0 Å². The molecule has 0 amide bonds. The molecule has 0 aromatic carbocycles. The van der Waals surface area contributed by atoms with Crippen LogP contribution in [-0.2, 0) is 9.53 Å². The van der Waals surface area contributed by atoms with Gasteiger partial charge in [-0.1, -0.05) is 12.8 Å². The molecule has 86 valence electrons. The third kappa shape index (κ3) is 2.94. The van der Waals surface area contributed by atoms with E-state index in [1.54, 1.807) is 0 Å². The van der Waals surface area contributed by atoms with Gasteiger partial charge in [-0.3, -0.25) is 4.79 Å². The van der Waals surface area contributed by atoms with Crippen LogP contribution in [0, 0.1) is 5.92 Å². The fraction of sp³-hybridized carbons (Fsp3) is 0.917. The highest BCUT2D eigenvalue weighted by Gasteiger charge is 2.28. The second-order valence-electron chi connectivity index (χ2n) is 4.85. The number of aliphatic carboxylic acids is 1. The van der Waals surface area contributed by atoms with Crippen molar-refractivity contribution in [2.75, 3.05) is 0 Å². The van der Waals surface area contributed by atoms with Gasteiger partial charge in [0, 0.05) is 0 Å². The maximum Gasteiger partial charge on any atom is 0.306 e. The lowest BCUT2D eigenvalue weighted by Gasteiger charge is -2.28. The third-order valence-corrected chi connectivity index (χ3v) is 3.71. The zero-order chi connectivity index (χ0) is 10.7. The molecule has 0 spiro atoms. The van der Waals surface area contributed by atoms with E-state index in [2.05, 4.69) is 0 Å². The molecular formula is C12H20O3. The van der Waals surface area contributed by atoms with Crippen molar-refractivity contribution in [3.05, 3.63) is 0 Å². The van der Waals surface area contributed by atoms with Crippen LogP contribution in [0.3, 0.4) is 0 Å². The van der Waals surface area contributed by atoms with E-state index in [1.165, 1.54) is 25.7 Å². The Morgan fingerprint density at radius 1 is 0.933 bits per heavy atom. The van der Waals surface area contributed by atoms with Crippen molar-refractivity contribution in [1.82, 2.24) is 0 Å². The van der Waals surface area contributed by atoms with Gasteiger partial charge in [-0.05, 0) is 38.5 Å². The maximum atomic E-state index is 10.8. The van der Waals surface area contributed by atoms with Crippen molar-refractivity contribution < 1.29 is 14.6 Å². The molecule has 2 rings (SSSR count). The van der Waals surface area contributed by atoms with Crippen molar-refractivity contribution in [2.24, 2.45) is 5.92 Å². The van der Waals surface area contributed by atoms with Crippen LogP contribution in [0.5, 0.6) is 0 Å². The molecule has 3 nitrogen and oxygen atoms in total. The van der Waals surface area contributed by atoms with Crippen LogP contribution >= 0.6 is 0 Å². The normalized spacial score (nSPS) is 33.1. The monoisotopic (exact) mass is 212 g/mol. The lowest BCUT2D eigenvalue weighted by atomic mass is 9.87. The summed E-state index contributed by atoms with van der Waals surface area (Å²) in [7, 11) is 0. The Morgan fingerprint density at radius 3 is 2.00 bits per heavy atom. The van der Waals surface area contributed by atoms with Crippen molar-refractivity contribution in [3.8, 4) is 0 Å². The molecular weight excluding hydrogens is 192 g/mol. The van der Waals surface area contributed by atoms with E-state index in [-0.39, 0.29) is 5.92 Å². The minimum absolute atomic E-state index is 0.117. The highest BCUT2D eigenvalue weighted by atomic mass is 16.5. The van der Waals surface area contributed by atoms with Crippen molar-refractivity contribution in [1.29, 1.82) is 0 Å². The lowest BCUT2D eigenvalue weighted by molar-refractivity contribution is -0.144. The highest BCUT2D eigenvalue weighted by Crippen LogP contribution is 2.30. The van der Waals surface area contributed by atoms with Crippen LogP contribution in [0.4, 0.5) is 0 Å². The second-order valence-corrected chi connectivity index (χ2v) is 4.85. The van der Waals surface area contributed by atoms with E-state index < -0.39 is 5.97 Å². The number of carboxylic acids is 1. The van der Waals surface area contributed by atoms with Crippen molar-refractivity contribution in [3.63, 3.8) is 0 Å². The molecule has 2 saturated carbocycles. The van der Waals surface area contributed by atoms with Gasteiger partial charge in [-0.15, -0.1) is 0 Å². The van der Waals surface area contributed by atoms with Gasteiger partial charge in [-0.25, -0.2) is 0 Å². The summed E-state index contributed by atoms with van der Waals surface area (Å²) in [6.45, 7) is 0. The Balaban J connectivity index is 1.71. The summed E-state index contributed by atoms with van der Waals surface area (Å²) in [6, 6.07) is 0. The summed E-state index contributed by atoms with van der Waals surface area (Å²) in [6.07, 6.45) is 9.29. The fourth-order valence-corrected chi connectivity index (χ4v) is 2.74. The molecule has 0 atom stereocenters. The molecule has 0 aliphatic heterocycles. The molecule has 2 fully saturated rings. The first-order chi connectivity index (χ1) is 7.25. The predicted octanol–water partition coefficient (Wildman–Crippen LogP) is 2.59. The van der Waals surface area contributed by atoms with Gasteiger partial charge >= 0.3 is 5.97 Å². The lowest BCUT2D eigenvalue weighted by Crippen LogP contribution is -2.28. The molecule has 0 aromatic heterocycles. The molecule has 0 bridgehead atoms. The van der Waals surface area contributed by atoms with Gasteiger partial charge in [0.1, 0.15) is 0 Å². The topological polar surface area (TPSA) is 46.5 Å². The highest BCUT2D eigenvalue weighted by molar-refractivity contribution is 5.70. The maximum absolute atomic E-state index is 10.8. The van der Waals surface area contributed by atoms with Gasteiger partial charge in [0.05, 0.1) is 18.1 Å². The van der Waals surface area contributed by atoms with Gasteiger partial charge in [0.25, 0.3) is 0 Å². The Morgan fingerprint density at radius 2 is 1.47 bits per heavy atom. The summed E-state index contributed by atoms with van der Waals surface area (Å²) >= 11 is 0. The Kier molecular flexibility index (Phi) is 3.62. The molecule has 15 heavy (non-hydrogen) atoms. The fourth-order valence-electron chi connectivity index (χ4n) is 2.74. The van der Waals surface area contributed by atoms with Crippen LogP contribution < -0.4 is 0 Å². The first-order valence-corrected chi connectivity index (χ1v) is 6.14. The second kappa shape index (κ2) is 4.97. The molecule has 0 heterocycles. The van der Waals surface area contributed by atoms with E-state index in [1.807, 2.05) is 0 Å². The first kappa shape index (κ1) is 10.9. The molecule has 2 aliphatic rings. The van der Waals surface area contributed by atoms with Crippen LogP contribution in [0.15, 0.2) is 0 Å².